The van der Waals surface area contributed by atoms with Crippen molar-refractivity contribution >= 4 is 11.6 Å². The largest absolute Gasteiger partial charge is 0.495 e. The normalized spacial score (nSPS) is 15.8. The maximum Gasteiger partial charge on any atom is 0.246 e. The molecule has 2 N–H and O–H groups in total. The zero-order valence-electron chi connectivity index (χ0n) is 16.2. The predicted octanol–water partition coefficient (Wildman–Crippen LogP) is 3.70. The van der Waals surface area contributed by atoms with E-state index in [2.05, 4.69) is 10.6 Å². The second-order valence-corrected chi connectivity index (χ2v) is 7.10. The Kier molecular flexibility index (Phi) is 6.48. The molecule has 2 aromatic rings. The zero-order valence-corrected chi connectivity index (χ0v) is 16.2. The number of aryl methyl sites for hydroxylation is 1. The Bertz CT molecular complexity index is 759. The van der Waals surface area contributed by atoms with Crippen LogP contribution in [0.3, 0.4) is 0 Å². The summed E-state index contributed by atoms with van der Waals surface area (Å²) in [6, 6.07) is 15.3. The van der Waals surface area contributed by atoms with Gasteiger partial charge in [-0.3, -0.25) is 10.1 Å². The number of benzene rings is 2. The summed E-state index contributed by atoms with van der Waals surface area (Å²) in [7, 11) is 3.31. The summed E-state index contributed by atoms with van der Waals surface area (Å²) in [5.74, 6) is 1.11. The van der Waals surface area contributed by atoms with Crippen LogP contribution in [0.1, 0.15) is 30.0 Å². The molecule has 27 heavy (non-hydrogen) atoms. The lowest BCUT2D eigenvalue weighted by atomic mass is 10.0. The van der Waals surface area contributed by atoms with Crippen molar-refractivity contribution in [1.29, 1.82) is 0 Å². The van der Waals surface area contributed by atoms with Gasteiger partial charge in [-0.25, -0.2) is 0 Å². The van der Waals surface area contributed by atoms with E-state index in [9.17, 15) is 4.79 Å². The Morgan fingerprint density at radius 2 is 1.89 bits per heavy atom. The molecule has 3 rings (SSSR count). The van der Waals surface area contributed by atoms with Crippen LogP contribution in [-0.2, 0) is 9.53 Å². The van der Waals surface area contributed by atoms with Crippen LogP contribution in [0.15, 0.2) is 48.5 Å². The van der Waals surface area contributed by atoms with Gasteiger partial charge < -0.3 is 14.8 Å². The number of carbonyl (C=O) groups is 1. The van der Waals surface area contributed by atoms with E-state index < -0.39 is 6.04 Å². The lowest BCUT2D eigenvalue weighted by Gasteiger charge is -2.25. The first-order valence-corrected chi connectivity index (χ1v) is 9.37. The smallest absolute Gasteiger partial charge is 0.246 e. The molecule has 1 aliphatic rings. The predicted molar refractivity (Wildman–Crippen MR) is 107 cm³/mol. The highest BCUT2D eigenvalue weighted by Gasteiger charge is 2.34. The van der Waals surface area contributed by atoms with Crippen LogP contribution in [0.2, 0.25) is 0 Å². The Morgan fingerprint density at radius 1 is 1.15 bits per heavy atom. The van der Waals surface area contributed by atoms with Crippen molar-refractivity contribution in [2.24, 2.45) is 5.92 Å². The average molecular weight is 368 g/mol. The molecule has 1 fully saturated rings. The molecule has 0 unspecified atom stereocenters. The lowest BCUT2D eigenvalue weighted by molar-refractivity contribution is -0.118. The number of carbonyl (C=O) groups excluding carboxylic acids is 1. The number of amides is 1. The van der Waals surface area contributed by atoms with E-state index in [0.29, 0.717) is 24.0 Å². The van der Waals surface area contributed by atoms with Crippen molar-refractivity contribution in [2.75, 3.05) is 26.1 Å². The second-order valence-electron chi connectivity index (χ2n) is 7.10. The van der Waals surface area contributed by atoms with Crippen LogP contribution in [0, 0.1) is 12.8 Å². The van der Waals surface area contributed by atoms with Crippen molar-refractivity contribution in [3.8, 4) is 5.75 Å². The molecule has 0 aliphatic heterocycles. The maximum absolute atomic E-state index is 13.2. The van der Waals surface area contributed by atoms with E-state index >= 15 is 0 Å². The molecule has 0 spiro atoms. The lowest BCUT2D eigenvalue weighted by Crippen LogP contribution is -2.43. The molecule has 0 heterocycles. The van der Waals surface area contributed by atoms with Gasteiger partial charge in [-0.1, -0.05) is 36.4 Å². The molecule has 0 aromatic heterocycles. The molecule has 0 bridgehead atoms. The number of hydrogen-bond donors (Lipinski definition) is 2. The minimum atomic E-state index is -0.461. The number of rotatable bonds is 9. The fourth-order valence-corrected chi connectivity index (χ4v) is 3.31. The van der Waals surface area contributed by atoms with E-state index in [0.717, 1.165) is 11.1 Å². The second kappa shape index (κ2) is 9.02. The van der Waals surface area contributed by atoms with Crippen molar-refractivity contribution in [3.63, 3.8) is 0 Å². The maximum atomic E-state index is 13.2. The highest BCUT2D eigenvalue weighted by atomic mass is 16.5. The summed E-state index contributed by atoms with van der Waals surface area (Å²) in [4.78, 5) is 13.2. The Labute approximate surface area is 161 Å². The van der Waals surface area contributed by atoms with Crippen molar-refractivity contribution in [1.82, 2.24) is 5.32 Å². The van der Waals surface area contributed by atoms with Crippen LogP contribution in [-0.4, -0.2) is 32.8 Å². The van der Waals surface area contributed by atoms with Crippen LogP contribution < -0.4 is 15.4 Å². The summed E-state index contributed by atoms with van der Waals surface area (Å²) in [5.41, 5.74) is 2.67. The minimum Gasteiger partial charge on any atom is -0.495 e. The van der Waals surface area contributed by atoms with E-state index in [1.165, 1.54) is 12.8 Å². The van der Waals surface area contributed by atoms with E-state index in [-0.39, 0.29) is 11.9 Å². The molecule has 0 radical (unpaired) electrons. The molecule has 5 heteroatoms. The third-order valence-electron chi connectivity index (χ3n) is 4.93. The highest BCUT2D eigenvalue weighted by molar-refractivity contribution is 5.96. The summed E-state index contributed by atoms with van der Waals surface area (Å²) >= 11 is 0. The molecule has 1 aliphatic carbocycles. The van der Waals surface area contributed by atoms with Crippen LogP contribution in [0.4, 0.5) is 5.69 Å². The first kappa shape index (κ1) is 19.4. The van der Waals surface area contributed by atoms with Gasteiger partial charge >= 0.3 is 0 Å². The van der Waals surface area contributed by atoms with Crippen LogP contribution in [0.5, 0.6) is 5.75 Å². The quantitative estimate of drug-likeness (QED) is 0.709. The van der Waals surface area contributed by atoms with Crippen LogP contribution >= 0.6 is 0 Å². The van der Waals surface area contributed by atoms with E-state index in [4.69, 9.17) is 9.47 Å². The Morgan fingerprint density at radius 3 is 2.52 bits per heavy atom. The SMILES string of the molecule is COC[C@H](N[C@H](C(=O)Nc1cc(C)ccc1OC)c1ccccc1)C1CC1. The zero-order chi connectivity index (χ0) is 19.2. The van der Waals surface area contributed by atoms with Gasteiger partial charge in [-0.2, -0.15) is 0 Å². The molecule has 5 nitrogen and oxygen atoms in total. The number of anilines is 1. The van der Waals surface area contributed by atoms with Gasteiger partial charge in [0, 0.05) is 13.2 Å². The van der Waals surface area contributed by atoms with Crippen molar-refractivity contribution in [2.45, 2.75) is 31.8 Å². The van der Waals surface area contributed by atoms with Gasteiger partial charge in [-0.15, -0.1) is 0 Å². The molecular weight excluding hydrogens is 340 g/mol. The monoisotopic (exact) mass is 368 g/mol. The third-order valence-corrected chi connectivity index (χ3v) is 4.93. The first-order chi connectivity index (χ1) is 13.1. The molecule has 2 atom stereocenters. The third kappa shape index (κ3) is 5.08. The Hall–Kier alpha value is -2.37. The fraction of sp³-hybridized carbons (Fsp3) is 0.409. The van der Waals surface area contributed by atoms with Gasteiger partial charge in [-0.05, 0) is 48.9 Å². The number of nitrogens with one attached hydrogen (secondary N) is 2. The summed E-state index contributed by atoms with van der Waals surface area (Å²) in [5, 5.41) is 6.57. The van der Waals surface area contributed by atoms with Crippen LogP contribution in [0.25, 0.3) is 0 Å². The average Bonchev–Trinajstić information content (AvgIpc) is 3.51. The van der Waals surface area contributed by atoms with Gasteiger partial charge in [0.05, 0.1) is 19.4 Å². The highest BCUT2D eigenvalue weighted by Crippen LogP contribution is 2.34. The standard InChI is InChI=1S/C22H28N2O3/c1-15-9-12-20(27-3)18(13-15)24-22(25)21(17-7-5-4-6-8-17)23-19(14-26-2)16-10-11-16/h4-9,12-13,16,19,21,23H,10-11,14H2,1-3H3,(H,24,25)/t19-,21-/m0/s1. The molecule has 1 amide bonds. The van der Waals surface area contributed by atoms with E-state index in [1.807, 2.05) is 55.5 Å². The molecule has 1 saturated carbocycles. The van der Waals surface area contributed by atoms with E-state index in [1.54, 1.807) is 14.2 Å². The molecule has 2 aromatic carbocycles. The number of ether oxygens (including phenoxy) is 2. The van der Waals surface area contributed by atoms with Gasteiger partial charge in [0.25, 0.3) is 0 Å². The number of methoxy groups -OCH3 is 2. The summed E-state index contributed by atoms with van der Waals surface area (Å²) < 4.78 is 10.8. The minimum absolute atomic E-state index is 0.105. The molecular formula is C22H28N2O3. The van der Waals surface area contributed by atoms with Gasteiger partial charge in [0.2, 0.25) is 5.91 Å². The van der Waals surface area contributed by atoms with Crippen molar-refractivity contribution < 1.29 is 14.3 Å². The summed E-state index contributed by atoms with van der Waals surface area (Å²) in [6.07, 6.45) is 2.35. The summed E-state index contributed by atoms with van der Waals surface area (Å²) in [6.45, 7) is 2.58. The Balaban J connectivity index is 1.83. The topological polar surface area (TPSA) is 59.6 Å². The van der Waals surface area contributed by atoms with Crippen molar-refractivity contribution in [3.05, 3.63) is 59.7 Å². The molecule has 144 valence electrons. The first-order valence-electron chi connectivity index (χ1n) is 9.37. The fourth-order valence-electron chi connectivity index (χ4n) is 3.31. The molecule has 0 saturated heterocycles. The van der Waals surface area contributed by atoms with Gasteiger partial charge in [0.15, 0.2) is 0 Å². The number of hydrogen-bond acceptors (Lipinski definition) is 4. The van der Waals surface area contributed by atoms with Gasteiger partial charge in [0.1, 0.15) is 11.8 Å².